The number of fused-ring (bicyclic) bond motifs is 1. The average Bonchev–Trinajstić information content (AvgIpc) is 2.83. The van der Waals surface area contributed by atoms with E-state index in [0.29, 0.717) is 0 Å². The van der Waals surface area contributed by atoms with Crippen molar-refractivity contribution in [2.24, 2.45) is 5.73 Å². The maximum absolute atomic E-state index is 6.46. The van der Waals surface area contributed by atoms with Crippen LogP contribution in [0.25, 0.3) is 0 Å². The predicted molar refractivity (Wildman–Crippen MR) is 63.2 cm³/mol. The molecule has 1 aliphatic rings. The molecule has 1 aromatic heterocycles. The highest BCUT2D eigenvalue weighted by Gasteiger charge is 2.33. The van der Waals surface area contributed by atoms with Gasteiger partial charge in [-0.1, -0.05) is 24.3 Å². The lowest BCUT2D eigenvalue weighted by molar-refractivity contribution is 0.443. The van der Waals surface area contributed by atoms with Crippen LogP contribution in [0.4, 0.5) is 0 Å². The van der Waals surface area contributed by atoms with Crippen molar-refractivity contribution in [3.8, 4) is 0 Å². The molecule has 0 spiro atoms. The third-order valence-electron chi connectivity index (χ3n) is 3.34. The van der Waals surface area contributed by atoms with Gasteiger partial charge in [-0.25, -0.2) is 0 Å². The Morgan fingerprint density at radius 1 is 1.12 bits per heavy atom. The SMILES string of the molecule is NC1(Cc2ccoc2)Cc2ccccc2C1. The summed E-state index contributed by atoms with van der Waals surface area (Å²) in [6, 6.07) is 10.5. The van der Waals surface area contributed by atoms with Gasteiger partial charge in [-0.15, -0.1) is 0 Å². The highest BCUT2D eigenvalue weighted by molar-refractivity contribution is 5.37. The minimum Gasteiger partial charge on any atom is -0.472 e. The van der Waals surface area contributed by atoms with Gasteiger partial charge in [0.2, 0.25) is 0 Å². The van der Waals surface area contributed by atoms with Gasteiger partial charge in [0.25, 0.3) is 0 Å². The summed E-state index contributed by atoms with van der Waals surface area (Å²) >= 11 is 0. The molecule has 2 aromatic rings. The molecular formula is C14H15NO. The number of furan rings is 1. The van der Waals surface area contributed by atoms with Gasteiger partial charge in [-0.05, 0) is 42.0 Å². The molecule has 3 rings (SSSR count). The first kappa shape index (κ1) is 9.67. The summed E-state index contributed by atoms with van der Waals surface area (Å²) in [6.07, 6.45) is 6.32. The van der Waals surface area contributed by atoms with E-state index in [2.05, 4.69) is 24.3 Å². The number of rotatable bonds is 2. The summed E-state index contributed by atoms with van der Waals surface area (Å²) in [5.41, 5.74) is 10.3. The van der Waals surface area contributed by atoms with Crippen LogP contribution in [-0.2, 0) is 19.3 Å². The van der Waals surface area contributed by atoms with Gasteiger partial charge >= 0.3 is 0 Å². The van der Waals surface area contributed by atoms with E-state index in [1.165, 1.54) is 16.7 Å². The fraction of sp³-hybridized carbons (Fsp3) is 0.286. The second-order valence-electron chi connectivity index (χ2n) is 4.79. The molecule has 0 atom stereocenters. The monoisotopic (exact) mass is 213 g/mol. The van der Waals surface area contributed by atoms with Crippen LogP contribution in [0.1, 0.15) is 16.7 Å². The molecule has 0 fully saturated rings. The Bertz CT molecular complexity index is 457. The molecule has 0 bridgehead atoms. The Morgan fingerprint density at radius 3 is 2.38 bits per heavy atom. The van der Waals surface area contributed by atoms with Crippen LogP contribution in [0.15, 0.2) is 47.3 Å². The van der Waals surface area contributed by atoms with Gasteiger partial charge in [0.1, 0.15) is 0 Å². The van der Waals surface area contributed by atoms with Gasteiger partial charge in [0, 0.05) is 5.54 Å². The zero-order valence-electron chi connectivity index (χ0n) is 9.15. The largest absolute Gasteiger partial charge is 0.472 e. The first-order chi connectivity index (χ1) is 7.75. The van der Waals surface area contributed by atoms with Crippen LogP contribution in [0.5, 0.6) is 0 Å². The highest BCUT2D eigenvalue weighted by Crippen LogP contribution is 2.30. The van der Waals surface area contributed by atoms with Crippen molar-refractivity contribution in [1.82, 2.24) is 0 Å². The summed E-state index contributed by atoms with van der Waals surface area (Å²) in [5, 5.41) is 0. The molecule has 1 aliphatic carbocycles. The Hall–Kier alpha value is -1.54. The molecule has 0 radical (unpaired) electrons. The van der Waals surface area contributed by atoms with E-state index in [0.717, 1.165) is 19.3 Å². The normalized spacial score (nSPS) is 17.3. The van der Waals surface area contributed by atoms with Crippen LogP contribution in [0.3, 0.4) is 0 Å². The van der Waals surface area contributed by atoms with Gasteiger partial charge < -0.3 is 10.2 Å². The molecule has 16 heavy (non-hydrogen) atoms. The van der Waals surface area contributed by atoms with Crippen molar-refractivity contribution >= 4 is 0 Å². The van der Waals surface area contributed by atoms with Crippen LogP contribution >= 0.6 is 0 Å². The Labute approximate surface area is 95.1 Å². The van der Waals surface area contributed by atoms with E-state index in [4.69, 9.17) is 10.2 Å². The molecule has 2 heteroatoms. The van der Waals surface area contributed by atoms with Gasteiger partial charge in [-0.3, -0.25) is 0 Å². The standard InChI is InChI=1S/C14H15NO/c15-14(7-11-5-6-16-10-11)8-12-3-1-2-4-13(12)9-14/h1-6,10H,7-9,15H2. The van der Waals surface area contributed by atoms with E-state index >= 15 is 0 Å². The van der Waals surface area contributed by atoms with Crippen molar-refractivity contribution in [3.05, 3.63) is 59.5 Å². The third kappa shape index (κ3) is 1.65. The predicted octanol–water partition coefficient (Wildman–Crippen LogP) is 2.32. The zero-order valence-corrected chi connectivity index (χ0v) is 9.15. The second-order valence-corrected chi connectivity index (χ2v) is 4.79. The molecule has 1 aromatic carbocycles. The lowest BCUT2D eigenvalue weighted by Crippen LogP contribution is -2.42. The van der Waals surface area contributed by atoms with Crippen molar-refractivity contribution < 1.29 is 4.42 Å². The molecule has 2 nitrogen and oxygen atoms in total. The Balaban J connectivity index is 1.83. The third-order valence-corrected chi connectivity index (χ3v) is 3.34. The Kier molecular flexibility index (Phi) is 2.11. The number of hydrogen-bond acceptors (Lipinski definition) is 2. The number of hydrogen-bond donors (Lipinski definition) is 1. The van der Waals surface area contributed by atoms with Gasteiger partial charge in [0.15, 0.2) is 0 Å². The van der Waals surface area contributed by atoms with Crippen LogP contribution in [-0.4, -0.2) is 5.54 Å². The van der Waals surface area contributed by atoms with Crippen LogP contribution < -0.4 is 5.73 Å². The lowest BCUT2D eigenvalue weighted by Gasteiger charge is -2.22. The minimum atomic E-state index is -0.131. The van der Waals surface area contributed by atoms with E-state index < -0.39 is 0 Å². The number of benzene rings is 1. The average molecular weight is 213 g/mol. The maximum atomic E-state index is 6.46. The van der Waals surface area contributed by atoms with Crippen LogP contribution in [0.2, 0.25) is 0 Å². The van der Waals surface area contributed by atoms with E-state index in [-0.39, 0.29) is 5.54 Å². The molecule has 0 unspecified atom stereocenters. The molecule has 0 saturated carbocycles. The lowest BCUT2D eigenvalue weighted by atomic mass is 9.90. The first-order valence-corrected chi connectivity index (χ1v) is 5.62. The molecule has 0 saturated heterocycles. The van der Waals surface area contributed by atoms with Gasteiger partial charge in [-0.2, -0.15) is 0 Å². The second kappa shape index (κ2) is 3.49. The molecule has 0 amide bonds. The molecule has 0 aliphatic heterocycles. The quantitative estimate of drug-likeness (QED) is 0.831. The first-order valence-electron chi connectivity index (χ1n) is 5.62. The summed E-state index contributed by atoms with van der Waals surface area (Å²) in [4.78, 5) is 0. The van der Waals surface area contributed by atoms with E-state index in [1.54, 1.807) is 12.5 Å². The fourth-order valence-electron chi connectivity index (χ4n) is 2.65. The van der Waals surface area contributed by atoms with Crippen molar-refractivity contribution in [1.29, 1.82) is 0 Å². The zero-order chi connectivity index (χ0) is 11.0. The summed E-state index contributed by atoms with van der Waals surface area (Å²) < 4.78 is 5.09. The van der Waals surface area contributed by atoms with Crippen molar-refractivity contribution in [2.45, 2.75) is 24.8 Å². The fourth-order valence-corrected chi connectivity index (χ4v) is 2.65. The topological polar surface area (TPSA) is 39.2 Å². The van der Waals surface area contributed by atoms with Crippen molar-refractivity contribution in [2.75, 3.05) is 0 Å². The highest BCUT2D eigenvalue weighted by atomic mass is 16.3. The smallest absolute Gasteiger partial charge is 0.0935 e. The molecule has 2 N–H and O–H groups in total. The van der Waals surface area contributed by atoms with Crippen molar-refractivity contribution in [3.63, 3.8) is 0 Å². The summed E-state index contributed by atoms with van der Waals surface area (Å²) in [5.74, 6) is 0. The number of nitrogens with two attached hydrogens (primary N) is 1. The summed E-state index contributed by atoms with van der Waals surface area (Å²) in [6.45, 7) is 0. The minimum absolute atomic E-state index is 0.131. The Morgan fingerprint density at radius 2 is 1.81 bits per heavy atom. The van der Waals surface area contributed by atoms with Crippen LogP contribution in [0, 0.1) is 0 Å². The maximum Gasteiger partial charge on any atom is 0.0935 e. The van der Waals surface area contributed by atoms with Gasteiger partial charge in [0.05, 0.1) is 12.5 Å². The molecule has 1 heterocycles. The summed E-state index contributed by atoms with van der Waals surface area (Å²) in [7, 11) is 0. The molecule has 82 valence electrons. The van der Waals surface area contributed by atoms with E-state index in [1.807, 2.05) is 6.07 Å². The molecular weight excluding hydrogens is 198 g/mol. The van der Waals surface area contributed by atoms with E-state index in [9.17, 15) is 0 Å².